The second-order valence-electron chi connectivity index (χ2n) is 4.73. The smallest absolute Gasteiger partial charge is 0.283 e. The Morgan fingerprint density at radius 2 is 2.05 bits per heavy atom. The average Bonchev–Trinajstić information content (AvgIpc) is 2.86. The number of nitrogens with zero attached hydrogens (tertiary/aromatic N) is 2. The van der Waals surface area contributed by atoms with Gasteiger partial charge in [0.25, 0.3) is 5.91 Å². The molecule has 1 aromatic heterocycles. The van der Waals surface area contributed by atoms with Crippen molar-refractivity contribution in [2.24, 2.45) is 5.10 Å². The van der Waals surface area contributed by atoms with E-state index in [1.807, 2.05) is 42.5 Å². The quantitative estimate of drug-likeness (QED) is 0.576. The van der Waals surface area contributed by atoms with Crippen LogP contribution in [-0.4, -0.2) is 17.1 Å². The molecule has 1 amide bonds. The van der Waals surface area contributed by atoms with Gasteiger partial charge in [-0.3, -0.25) is 4.79 Å². The number of aryl methyl sites for hydroxylation is 1. The Kier molecular flexibility index (Phi) is 3.84. The zero-order chi connectivity index (χ0) is 15.5. The number of carbonyl (C=O) groups is 1. The topological polar surface area (TPSA) is 80.4 Å². The van der Waals surface area contributed by atoms with E-state index in [1.165, 1.54) is 0 Å². The molecule has 110 valence electrons. The molecule has 0 radical (unpaired) electrons. The minimum atomic E-state index is -0.303. The summed E-state index contributed by atoms with van der Waals surface area (Å²) in [5.74, 6) is -0.303. The summed E-state index contributed by atoms with van der Waals surface area (Å²) in [7, 11) is 0. The molecule has 0 bridgehead atoms. The molecule has 3 aromatic rings. The van der Waals surface area contributed by atoms with E-state index in [2.05, 4.69) is 15.5 Å². The largest absolute Gasteiger partial charge is 0.375 e. The fourth-order valence-corrected chi connectivity index (χ4v) is 2.93. The number of anilines is 1. The minimum absolute atomic E-state index is 0.303. The molecule has 3 N–H and O–H groups in total. The zero-order valence-electron chi connectivity index (χ0n) is 11.9. The zero-order valence-corrected chi connectivity index (χ0v) is 12.7. The number of amides is 1. The van der Waals surface area contributed by atoms with E-state index in [0.29, 0.717) is 15.7 Å². The second-order valence-corrected chi connectivity index (χ2v) is 5.76. The van der Waals surface area contributed by atoms with Gasteiger partial charge in [0.1, 0.15) is 4.88 Å². The van der Waals surface area contributed by atoms with E-state index >= 15 is 0 Å². The first-order chi connectivity index (χ1) is 10.6. The van der Waals surface area contributed by atoms with Crippen LogP contribution in [0, 0.1) is 6.92 Å². The van der Waals surface area contributed by atoms with Gasteiger partial charge in [0.2, 0.25) is 0 Å². The molecular weight excluding hydrogens is 296 g/mol. The van der Waals surface area contributed by atoms with Crippen molar-refractivity contribution in [2.75, 3.05) is 5.73 Å². The van der Waals surface area contributed by atoms with Gasteiger partial charge in [-0.15, -0.1) is 0 Å². The molecule has 0 aliphatic rings. The molecule has 0 unspecified atom stereocenters. The molecule has 3 rings (SSSR count). The van der Waals surface area contributed by atoms with Crippen LogP contribution < -0.4 is 11.2 Å². The Balaban J connectivity index is 1.79. The van der Waals surface area contributed by atoms with Crippen LogP contribution in [0.1, 0.15) is 20.9 Å². The monoisotopic (exact) mass is 310 g/mol. The van der Waals surface area contributed by atoms with Crippen LogP contribution in [0.15, 0.2) is 47.6 Å². The van der Waals surface area contributed by atoms with Gasteiger partial charge >= 0.3 is 0 Å². The molecule has 0 aliphatic carbocycles. The number of hydrazone groups is 1. The molecule has 0 saturated heterocycles. The van der Waals surface area contributed by atoms with Crippen molar-refractivity contribution in [1.82, 2.24) is 10.4 Å². The summed E-state index contributed by atoms with van der Waals surface area (Å²) in [6.07, 6.45) is 1.64. The third-order valence-corrected chi connectivity index (χ3v) is 4.20. The second kappa shape index (κ2) is 5.95. The van der Waals surface area contributed by atoms with Crippen LogP contribution in [0.5, 0.6) is 0 Å². The predicted octanol–water partition coefficient (Wildman–Crippen LogP) is 2.95. The molecule has 5 nitrogen and oxygen atoms in total. The molecular formula is C16H14N4OS. The fraction of sp³-hybridized carbons (Fsp3) is 0.0625. The van der Waals surface area contributed by atoms with Crippen molar-refractivity contribution in [2.45, 2.75) is 6.92 Å². The molecule has 1 heterocycles. The number of hydrogen-bond donors (Lipinski definition) is 2. The number of benzene rings is 2. The maximum atomic E-state index is 12.0. The van der Waals surface area contributed by atoms with Crippen LogP contribution >= 0.6 is 11.3 Å². The minimum Gasteiger partial charge on any atom is -0.375 e. The Morgan fingerprint density at radius 1 is 1.27 bits per heavy atom. The SMILES string of the molecule is Cc1nc(N)sc1C(=O)NN=Cc1cccc2ccccc12. The Hall–Kier alpha value is -2.73. The number of nitrogens with two attached hydrogens (primary N) is 1. The predicted molar refractivity (Wildman–Crippen MR) is 90.3 cm³/mol. The molecule has 2 aromatic carbocycles. The summed E-state index contributed by atoms with van der Waals surface area (Å²) in [5.41, 5.74) is 9.65. The lowest BCUT2D eigenvalue weighted by molar-refractivity contribution is 0.0958. The van der Waals surface area contributed by atoms with Gasteiger partial charge in [-0.25, -0.2) is 10.4 Å². The van der Waals surface area contributed by atoms with Crippen LogP contribution in [0.2, 0.25) is 0 Å². The van der Waals surface area contributed by atoms with Crippen molar-refractivity contribution >= 4 is 39.4 Å². The molecule has 22 heavy (non-hydrogen) atoms. The number of carbonyl (C=O) groups excluding carboxylic acids is 1. The molecule has 0 atom stereocenters. The van der Waals surface area contributed by atoms with Crippen LogP contribution in [0.25, 0.3) is 10.8 Å². The number of rotatable bonds is 3. The Labute approximate surface area is 131 Å². The van der Waals surface area contributed by atoms with Crippen molar-refractivity contribution in [3.63, 3.8) is 0 Å². The maximum absolute atomic E-state index is 12.0. The number of nitrogen functional groups attached to an aromatic ring is 1. The fourth-order valence-electron chi connectivity index (χ4n) is 2.20. The van der Waals surface area contributed by atoms with Gasteiger partial charge in [-0.1, -0.05) is 53.8 Å². The number of hydrogen-bond acceptors (Lipinski definition) is 5. The summed E-state index contributed by atoms with van der Waals surface area (Å²) < 4.78 is 0. The summed E-state index contributed by atoms with van der Waals surface area (Å²) in [4.78, 5) is 16.5. The lowest BCUT2D eigenvalue weighted by atomic mass is 10.1. The molecule has 0 aliphatic heterocycles. The van der Waals surface area contributed by atoms with Gasteiger partial charge in [-0.05, 0) is 17.7 Å². The van der Waals surface area contributed by atoms with Crippen LogP contribution in [-0.2, 0) is 0 Å². The highest BCUT2D eigenvalue weighted by Crippen LogP contribution is 2.19. The first-order valence-corrected chi connectivity index (χ1v) is 7.51. The van der Waals surface area contributed by atoms with Gasteiger partial charge in [0, 0.05) is 5.56 Å². The molecule has 6 heteroatoms. The average molecular weight is 310 g/mol. The third kappa shape index (κ3) is 2.82. The highest BCUT2D eigenvalue weighted by atomic mass is 32.1. The normalized spacial score (nSPS) is 11.1. The lowest BCUT2D eigenvalue weighted by Gasteiger charge is -2.01. The Bertz CT molecular complexity index is 864. The lowest BCUT2D eigenvalue weighted by Crippen LogP contribution is -2.17. The van der Waals surface area contributed by atoms with Crippen LogP contribution in [0.4, 0.5) is 5.13 Å². The third-order valence-electron chi connectivity index (χ3n) is 3.21. The van der Waals surface area contributed by atoms with Gasteiger partial charge in [-0.2, -0.15) is 5.10 Å². The number of fused-ring (bicyclic) bond motifs is 1. The summed E-state index contributed by atoms with van der Waals surface area (Å²) in [6, 6.07) is 14.0. The van der Waals surface area contributed by atoms with Gasteiger partial charge in [0.15, 0.2) is 5.13 Å². The van der Waals surface area contributed by atoms with E-state index in [1.54, 1.807) is 13.1 Å². The van der Waals surface area contributed by atoms with E-state index in [4.69, 9.17) is 5.73 Å². The molecule has 0 spiro atoms. The van der Waals surface area contributed by atoms with Crippen molar-refractivity contribution in [3.8, 4) is 0 Å². The van der Waals surface area contributed by atoms with E-state index in [0.717, 1.165) is 27.7 Å². The number of nitrogens with one attached hydrogen (secondary N) is 1. The number of aromatic nitrogens is 1. The maximum Gasteiger partial charge on any atom is 0.283 e. The first kappa shape index (κ1) is 14.2. The van der Waals surface area contributed by atoms with Gasteiger partial charge < -0.3 is 5.73 Å². The highest BCUT2D eigenvalue weighted by molar-refractivity contribution is 7.17. The van der Waals surface area contributed by atoms with Crippen LogP contribution in [0.3, 0.4) is 0 Å². The number of thiazole rings is 1. The molecule has 0 fully saturated rings. The summed E-state index contributed by atoms with van der Waals surface area (Å²) >= 11 is 1.15. The Morgan fingerprint density at radius 3 is 2.82 bits per heavy atom. The summed E-state index contributed by atoms with van der Waals surface area (Å²) in [5, 5.41) is 6.62. The van der Waals surface area contributed by atoms with Crippen molar-refractivity contribution < 1.29 is 4.79 Å². The van der Waals surface area contributed by atoms with Crippen molar-refractivity contribution in [3.05, 3.63) is 58.6 Å². The van der Waals surface area contributed by atoms with Crippen molar-refractivity contribution in [1.29, 1.82) is 0 Å². The van der Waals surface area contributed by atoms with Gasteiger partial charge in [0.05, 0.1) is 11.9 Å². The molecule has 0 saturated carbocycles. The first-order valence-electron chi connectivity index (χ1n) is 6.69. The van der Waals surface area contributed by atoms with E-state index in [-0.39, 0.29) is 5.91 Å². The van der Waals surface area contributed by atoms with E-state index < -0.39 is 0 Å². The summed E-state index contributed by atoms with van der Waals surface area (Å²) in [6.45, 7) is 1.75. The van der Waals surface area contributed by atoms with E-state index in [9.17, 15) is 4.79 Å². The highest BCUT2D eigenvalue weighted by Gasteiger charge is 2.13. The standard InChI is InChI=1S/C16H14N4OS/c1-10-14(22-16(17)19-10)15(21)20-18-9-12-7-4-6-11-5-2-3-8-13(11)12/h2-9H,1H3,(H2,17,19)(H,20,21).